The number of nitrogens with one attached hydrogen (secondary N) is 1. The van der Waals surface area contributed by atoms with Gasteiger partial charge in [-0.3, -0.25) is 10.1 Å². The molecule has 1 aromatic rings. The van der Waals surface area contributed by atoms with Crippen LogP contribution in [-0.4, -0.2) is 36.5 Å². The number of hydrogen-bond acceptors (Lipinski definition) is 5. The third kappa shape index (κ3) is 2.84. The minimum Gasteiger partial charge on any atom is -0.302 e. The van der Waals surface area contributed by atoms with Crippen molar-refractivity contribution in [2.24, 2.45) is 0 Å². The summed E-state index contributed by atoms with van der Waals surface area (Å²) in [5.74, 6) is 0. The summed E-state index contributed by atoms with van der Waals surface area (Å²) < 4.78 is 26.8. The summed E-state index contributed by atoms with van der Waals surface area (Å²) in [6.07, 6.45) is 0.523. The Labute approximate surface area is 115 Å². The fourth-order valence-electron chi connectivity index (χ4n) is 1.99. The van der Waals surface area contributed by atoms with E-state index in [4.69, 9.17) is 0 Å². The van der Waals surface area contributed by atoms with E-state index >= 15 is 0 Å². The Morgan fingerprint density at radius 2 is 2.25 bits per heavy atom. The molecule has 1 aromatic carbocycles. The number of benzene rings is 1. The van der Waals surface area contributed by atoms with E-state index in [2.05, 4.69) is 4.72 Å². The first-order valence-corrected chi connectivity index (χ1v) is 7.24. The summed E-state index contributed by atoms with van der Waals surface area (Å²) in [7, 11) is -3.71. The molecule has 20 heavy (non-hydrogen) atoms. The van der Waals surface area contributed by atoms with Gasteiger partial charge in [0.2, 0.25) is 0 Å². The fourth-order valence-corrected chi connectivity index (χ4v) is 3.33. The van der Waals surface area contributed by atoms with Gasteiger partial charge in [-0.1, -0.05) is 12.1 Å². The van der Waals surface area contributed by atoms with Crippen LogP contribution < -0.4 is 4.72 Å². The van der Waals surface area contributed by atoms with Gasteiger partial charge in [0.05, 0.1) is 11.0 Å². The molecule has 1 atom stereocenters. The minimum atomic E-state index is -3.71. The summed E-state index contributed by atoms with van der Waals surface area (Å²) in [6, 6.07) is 3.77. The third-order valence-corrected chi connectivity index (χ3v) is 4.59. The van der Waals surface area contributed by atoms with Gasteiger partial charge in [-0.2, -0.15) is 17.4 Å². The van der Waals surface area contributed by atoms with Crippen molar-refractivity contribution >= 4 is 22.2 Å². The highest BCUT2D eigenvalue weighted by molar-refractivity contribution is 7.87. The molecule has 0 spiro atoms. The first-order chi connectivity index (χ1) is 9.33. The van der Waals surface area contributed by atoms with E-state index in [0.717, 1.165) is 4.31 Å². The Bertz CT molecular complexity index is 658. The van der Waals surface area contributed by atoms with E-state index in [1.807, 2.05) is 0 Å². The SMILES string of the molecule is Cc1ccc(CN2CC(C=O)NS2(=O)=O)cc1[N+](=O)[O-]. The first-order valence-electron chi connectivity index (χ1n) is 5.80. The number of carbonyl (C=O) groups excluding carboxylic acids is 1. The lowest BCUT2D eigenvalue weighted by atomic mass is 10.1. The Morgan fingerprint density at radius 3 is 2.80 bits per heavy atom. The van der Waals surface area contributed by atoms with Crippen molar-refractivity contribution in [1.29, 1.82) is 0 Å². The number of aldehydes is 1. The van der Waals surface area contributed by atoms with Crippen LogP contribution in [0.5, 0.6) is 0 Å². The molecule has 8 nitrogen and oxygen atoms in total. The molecule has 1 aliphatic heterocycles. The van der Waals surface area contributed by atoms with Gasteiger partial charge in [0.1, 0.15) is 6.29 Å². The summed E-state index contributed by atoms with van der Waals surface area (Å²) in [4.78, 5) is 21.0. The van der Waals surface area contributed by atoms with Crippen molar-refractivity contribution in [2.75, 3.05) is 6.54 Å². The fraction of sp³-hybridized carbons (Fsp3) is 0.364. The van der Waals surface area contributed by atoms with Crippen molar-refractivity contribution in [2.45, 2.75) is 19.5 Å². The number of aryl methyl sites for hydroxylation is 1. The van der Waals surface area contributed by atoms with Crippen molar-refractivity contribution in [3.8, 4) is 0 Å². The van der Waals surface area contributed by atoms with Crippen LogP contribution in [0.15, 0.2) is 18.2 Å². The molecule has 1 aliphatic rings. The predicted molar refractivity (Wildman–Crippen MR) is 70.2 cm³/mol. The zero-order valence-electron chi connectivity index (χ0n) is 10.6. The van der Waals surface area contributed by atoms with E-state index in [1.165, 1.54) is 6.07 Å². The van der Waals surface area contributed by atoms with Gasteiger partial charge in [0, 0.05) is 24.7 Å². The Balaban J connectivity index is 2.25. The van der Waals surface area contributed by atoms with Gasteiger partial charge >= 0.3 is 0 Å². The predicted octanol–water partition coefficient (Wildman–Crippen LogP) is 0.121. The third-order valence-electron chi connectivity index (χ3n) is 3.03. The summed E-state index contributed by atoms with van der Waals surface area (Å²) >= 11 is 0. The number of nitrogens with zero attached hydrogens (tertiary/aromatic N) is 2. The molecule has 0 aliphatic carbocycles. The summed E-state index contributed by atoms with van der Waals surface area (Å²) in [5, 5.41) is 10.9. The number of rotatable bonds is 4. The standard InChI is InChI=1S/C11H13N3O5S/c1-8-2-3-9(4-11(8)14(16)17)5-13-6-10(7-15)12-20(13,18)19/h2-4,7,10,12H,5-6H2,1H3. The monoisotopic (exact) mass is 299 g/mol. The van der Waals surface area contributed by atoms with E-state index in [-0.39, 0.29) is 18.8 Å². The Hall–Kier alpha value is -1.84. The van der Waals surface area contributed by atoms with E-state index in [1.54, 1.807) is 19.1 Å². The molecule has 0 amide bonds. The maximum atomic E-state index is 11.7. The molecule has 108 valence electrons. The highest BCUT2D eigenvalue weighted by Gasteiger charge is 2.35. The van der Waals surface area contributed by atoms with Crippen molar-refractivity contribution in [3.05, 3.63) is 39.4 Å². The largest absolute Gasteiger partial charge is 0.302 e. The maximum Gasteiger partial charge on any atom is 0.280 e. The second-order valence-corrected chi connectivity index (χ2v) is 6.24. The molecular formula is C11H13N3O5S. The number of hydrogen-bond donors (Lipinski definition) is 1. The Kier molecular flexibility index (Phi) is 3.84. The number of nitro groups is 1. The second kappa shape index (κ2) is 5.27. The smallest absolute Gasteiger partial charge is 0.280 e. The lowest BCUT2D eigenvalue weighted by molar-refractivity contribution is -0.385. The van der Waals surface area contributed by atoms with Crippen molar-refractivity contribution in [3.63, 3.8) is 0 Å². The van der Waals surface area contributed by atoms with Crippen LogP contribution in [-0.2, 0) is 21.5 Å². The quantitative estimate of drug-likeness (QED) is 0.482. The van der Waals surface area contributed by atoms with Gasteiger partial charge in [-0.25, -0.2) is 0 Å². The van der Waals surface area contributed by atoms with Crippen LogP contribution in [0.3, 0.4) is 0 Å². The van der Waals surface area contributed by atoms with Crippen LogP contribution in [0.1, 0.15) is 11.1 Å². The highest BCUT2D eigenvalue weighted by atomic mass is 32.2. The molecule has 2 rings (SSSR count). The van der Waals surface area contributed by atoms with Gasteiger partial charge in [0.25, 0.3) is 15.9 Å². The lowest BCUT2D eigenvalue weighted by Crippen LogP contribution is -2.30. The molecule has 1 N–H and O–H groups in total. The van der Waals surface area contributed by atoms with E-state index in [0.29, 0.717) is 17.4 Å². The molecule has 0 saturated carbocycles. The van der Waals surface area contributed by atoms with Crippen LogP contribution in [0, 0.1) is 17.0 Å². The second-order valence-electron chi connectivity index (χ2n) is 4.54. The molecule has 0 aromatic heterocycles. The normalized spacial score (nSPS) is 21.8. The molecule has 9 heteroatoms. The topological polar surface area (TPSA) is 110 Å². The zero-order chi connectivity index (χ0) is 14.9. The summed E-state index contributed by atoms with van der Waals surface area (Å²) in [5.41, 5.74) is 0.949. The maximum absolute atomic E-state index is 11.7. The molecule has 1 unspecified atom stereocenters. The van der Waals surface area contributed by atoms with Crippen LogP contribution >= 0.6 is 0 Å². The first kappa shape index (κ1) is 14.6. The molecule has 0 bridgehead atoms. The van der Waals surface area contributed by atoms with Crippen LogP contribution in [0.4, 0.5) is 5.69 Å². The number of nitro benzene ring substituents is 1. The van der Waals surface area contributed by atoms with Crippen molar-refractivity contribution in [1.82, 2.24) is 9.03 Å². The molecule has 0 radical (unpaired) electrons. The van der Waals surface area contributed by atoms with Gasteiger partial charge in [-0.05, 0) is 12.5 Å². The van der Waals surface area contributed by atoms with Gasteiger partial charge in [-0.15, -0.1) is 0 Å². The molecule has 1 fully saturated rings. The average Bonchev–Trinajstić information content (AvgIpc) is 2.66. The van der Waals surface area contributed by atoms with E-state index < -0.39 is 21.2 Å². The van der Waals surface area contributed by atoms with Crippen molar-refractivity contribution < 1.29 is 18.1 Å². The molecule has 1 heterocycles. The van der Waals surface area contributed by atoms with E-state index in [9.17, 15) is 23.3 Å². The number of carbonyl (C=O) groups is 1. The average molecular weight is 299 g/mol. The van der Waals surface area contributed by atoms with Gasteiger partial charge < -0.3 is 4.79 Å². The zero-order valence-corrected chi connectivity index (χ0v) is 11.5. The molecular weight excluding hydrogens is 286 g/mol. The Morgan fingerprint density at radius 1 is 1.55 bits per heavy atom. The lowest BCUT2D eigenvalue weighted by Gasteiger charge is -2.13. The highest BCUT2D eigenvalue weighted by Crippen LogP contribution is 2.22. The van der Waals surface area contributed by atoms with Crippen LogP contribution in [0.25, 0.3) is 0 Å². The summed E-state index contributed by atoms with van der Waals surface area (Å²) in [6.45, 7) is 1.62. The minimum absolute atomic E-state index is 0.0131. The van der Waals surface area contributed by atoms with Gasteiger partial charge in [0.15, 0.2) is 0 Å². The van der Waals surface area contributed by atoms with Crippen LogP contribution in [0.2, 0.25) is 0 Å². The molecule has 1 saturated heterocycles.